The van der Waals surface area contributed by atoms with Crippen LogP contribution in [-0.4, -0.2) is 23.7 Å². The number of aliphatic hydroxyl groups is 1. The van der Waals surface area contributed by atoms with Crippen molar-refractivity contribution in [2.45, 2.75) is 26.3 Å². The van der Waals surface area contributed by atoms with E-state index in [9.17, 15) is 4.79 Å². The molecule has 0 aliphatic heterocycles. The lowest BCUT2D eigenvalue weighted by Gasteiger charge is -2.15. The summed E-state index contributed by atoms with van der Waals surface area (Å²) in [6, 6.07) is 7.89. The Bertz CT molecular complexity index is 319. The van der Waals surface area contributed by atoms with Crippen LogP contribution in [0.5, 0.6) is 0 Å². The van der Waals surface area contributed by atoms with Gasteiger partial charge in [-0.3, -0.25) is 4.79 Å². The lowest BCUT2D eigenvalue weighted by atomic mass is 10.1. The maximum atomic E-state index is 10.8. The van der Waals surface area contributed by atoms with Crippen molar-refractivity contribution in [2.24, 2.45) is 0 Å². The molecule has 0 aliphatic rings. The van der Waals surface area contributed by atoms with E-state index in [0.29, 0.717) is 6.42 Å². The zero-order valence-electron chi connectivity index (χ0n) is 9.16. The fourth-order valence-corrected chi connectivity index (χ4v) is 1.46. The first-order chi connectivity index (χ1) is 7.11. The molecule has 0 spiro atoms. The number of amides is 1. The van der Waals surface area contributed by atoms with Crippen LogP contribution in [0.2, 0.25) is 0 Å². The van der Waals surface area contributed by atoms with Crippen molar-refractivity contribution in [3.8, 4) is 0 Å². The summed E-state index contributed by atoms with van der Waals surface area (Å²) in [5.41, 5.74) is 2.33. The molecule has 1 aromatic carbocycles. The average Bonchev–Trinajstić information content (AvgIpc) is 2.19. The van der Waals surface area contributed by atoms with Gasteiger partial charge in [0.05, 0.1) is 12.6 Å². The van der Waals surface area contributed by atoms with E-state index in [1.807, 2.05) is 31.2 Å². The topological polar surface area (TPSA) is 49.3 Å². The van der Waals surface area contributed by atoms with E-state index >= 15 is 0 Å². The van der Waals surface area contributed by atoms with Gasteiger partial charge in [0.1, 0.15) is 0 Å². The first kappa shape index (κ1) is 11.7. The Kier molecular flexibility index (Phi) is 4.31. The highest BCUT2D eigenvalue weighted by Gasteiger charge is 2.08. The molecular weight excluding hydrogens is 190 g/mol. The van der Waals surface area contributed by atoms with Crippen LogP contribution in [0.15, 0.2) is 24.3 Å². The van der Waals surface area contributed by atoms with Crippen molar-refractivity contribution >= 4 is 5.91 Å². The van der Waals surface area contributed by atoms with E-state index in [0.717, 1.165) is 5.56 Å². The number of rotatable bonds is 4. The summed E-state index contributed by atoms with van der Waals surface area (Å²) in [5, 5.41) is 11.8. The molecule has 0 bridgehead atoms. The van der Waals surface area contributed by atoms with Crippen LogP contribution in [0, 0.1) is 6.92 Å². The Balaban J connectivity index is 2.58. The number of hydrogen-bond acceptors (Lipinski definition) is 2. The Morgan fingerprint density at radius 1 is 1.40 bits per heavy atom. The highest BCUT2D eigenvalue weighted by Crippen LogP contribution is 2.05. The summed E-state index contributed by atoms with van der Waals surface area (Å²) < 4.78 is 0. The van der Waals surface area contributed by atoms with Crippen molar-refractivity contribution < 1.29 is 9.90 Å². The number of aliphatic hydroxyl groups excluding tert-OH is 1. The third-order valence-corrected chi connectivity index (χ3v) is 2.23. The van der Waals surface area contributed by atoms with Crippen LogP contribution in [-0.2, 0) is 11.2 Å². The molecule has 0 saturated heterocycles. The van der Waals surface area contributed by atoms with Crippen molar-refractivity contribution in [1.82, 2.24) is 5.32 Å². The van der Waals surface area contributed by atoms with Crippen molar-refractivity contribution in [2.75, 3.05) is 6.61 Å². The predicted molar refractivity (Wildman–Crippen MR) is 59.6 cm³/mol. The van der Waals surface area contributed by atoms with Crippen LogP contribution in [0.25, 0.3) is 0 Å². The highest BCUT2D eigenvalue weighted by atomic mass is 16.3. The summed E-state index contributed by atoms with van der Waals surface area (Å²) in [6.45, 7) is 3.45. The van der Waals surface area contributed by atoms with Crippen molar-refractivity contribution in [3.63, 3.8) is 0 Å². The first-order valence-electron chi connectivity index (χ1n) is 5.05. The van der Waals surface area contributed by atoms with Gasteiger partial charge in [0.2, 0.25) is 5.91 Å². The number of hydrogen-bond donors (Lipinski definition) is 2. The third-order valence-electron chi connectivity index (χ3n) is 2.23. The maximum absolute atomic E-state index is 10.8. The molecule has 1 amide bonds. The molecule has 82 valence electrons. The quantitative estimate of drug-likeness (QED) is 0.775. The molecule has 3 nitrogen and oxygen atoms in total. The minimum Gasteiger partial charge on any atom is -0.394 e. The first-order valence-corrected chi connectivity index (χ1v) is 5.05. The van der Waals surface area contributed by atoms with E-state index in [2.05, 4.69) is 5.32 Å². The SMILES string of the molecule is CC(=O)N[C@H](CO)Cc1ccc(C)cc1. The second-order valence-electron chi connectivity index (χ2n) is 3.77. The fraction of sp³-hybridized carbons (Fsp3) is 0.417. The second kappa shape index (κ2) is 5.51. The van der Waals surface area contributed by atoms with Crippen LogP contribution in [0.1, 0.15) is 18.1 Å². The zero-order chi connectivity index (χ0) is 11.3. The Labute approximate surface area is 90.1 Å². The molecule has 1 aromatic rings. The zero-order valence-corrected chi connectivity index (χ0v) is 9.16. The minimum atomic E-state index is -0.190. The van der Waals surface area contributed by atoms with Gasteiger partial charge in [-0.05, 0) is 18.9 Å². The van der Waals surface area contributed by atoms with E-state index in [4.69, 9.17) is 5.11 Å². The molecule has 0 saturated carbocycles. The normalized spacial score (nSPS) is 12.2. The number of carbonyl (C=O) groups is 1. The molecule has 0 aliphatic carbocycles. The van der Waals surface area contributed by atoms with Gasteiger partial charge in [0.15, 0.2) is 0 Å². The lowest BCUT2D eigenvalue weighted by Crippen LogP contribution is -2.37. The minimum absolute atomic E-state index is 0.0343. The summed E-state index contributed by atoms with van der Waals surface area (Å²) >= 11 is 0. The van der Waals surface area contributed by atoms with Crippen LogP contribution >= 0.6 is 0 Å². The molecule has 2 N–H and O–H groups in total. The summed E-state index contributed by atoms with van der Waals surface area (Å²) in [6.07, 6.45) is 0.663. The Hall–Kier alpha value is -1.35. The summed E-state index contributed by atoms with van der Waals surface area (Å²) in [4.78, 5) is 10.8. The standard InChI is InChI=1S/C12H17NO2/c1-9-3-5-11(6-4-9)7-12(8-14)13-10(2)15/h3-6,12,14H,7-8H2,1-2H3,(H,13,15)/t12-/m0/s1. The molecule has 0 radical (unpaired) electrons. The van der Waals surface area contributed by atoms with Crippen LogP contribution in [0.3, 0.4) is 0 Å². The van der Waals surface area contributed by atoms with E-state index in [-0.39, 0.29) is 18.6 Å². The van der Waals surface area contributed by atoms with E-state index < -0.39 is 0 Å². The maximum Gasteiger partial charge on any atom is 0.217 e. The van der Waals surface area contributed by atoms with Crippen molar-refractivity contribution in [3.05, 3.63) is 35.4 Å². The summed E-state index contributed by atoms with van der Waals surface area (Å²) in [7, 11) is 0. The number of nitrogens with one attached hydrogen (secondary N) is 1. The molecule has 1 rings (SSSR count). The third kappa shape index (κ3) is 4.13. The average molecular weight is 207 g/mol. The molecule has 0 unspecified atom stereocenters. The molecule has 3 heteroatoms. The number of benzene rings is 1. The van der Waals surface area contributed by atoms with Gasteiger partial charge in [-0.1, -0.05) is 29.8 Å². The highest BCUT2D eigenvalue weighted by molar-refractivity contribution is 5.73. The molecular formula is C12H17NO2. The largest absolute Gasteiger partial charge is 0.394 e. The molecule has 0 fully saturated rings. The lowest BCUT2D eigenvalue weighted by molar-refractivity contribution is -0.119. The van der Waals surface area contributed by atoms with Crippen LogP contribution in [0.4, 0.5) is 0 Å². The molecule has 1 atom stereocenters. The van der Waals surface area contributed by atoms with Gasteiger partial charge in [-0.25, -0.2) is 0 Å². The van der Waals surface area contributed by atoms with Gasteiger partial charge in [0, 0.05) is 6.92 Å². The fourth-order valence-electron chi connectivity index (χ4n) is 1.46. The van der Waals surface area contributed by atoms with Gasteiger partial charge in [-0.2, -0.15) is 0 Å². The smallest absolute Gasteiger partial charge is 0.217 e. The van der Waals surface area contributed by atoms with Gasteiger partial charge in [0.25, 0.3) is 0 Å². The van der Waals surface area contributed by atoms with Gasteiger partial charge >= 0.3 is 0 Å². The summed E-state index contributed by atoms with van der Waals surface area (Å²) in [5.74, 6) is -0.110. The predicted octanol–water partition coefficient (Wildman–Crippen LogP) is 1.03. The monoisotopic (exact) mass is 207 g/mol. The van der Waals surface area contributed by atoms with E-state index in [1.165, 1.54) is 12.5 Å². The second-order valence-corrected chi connectivity index (χ2v) is 3.77. The number of carbonyl (C=O) groups excluding carboxylic acids is 1. The van der Waals surface area contributed by atoms with Crippen LogP contribution < -0.4 is 5.32 Å². The Morgan fingerprint density at radius 3 is 2.47 bits per heavy atom. The molecule has 0 aromatic heterocycles. The van der Waals surface area contributed by atoms with Gasteiger partial charge in [-0.15, -0.1) is 0 Å². The Morgan fingerprint density at radius 2 is 2.00 bits per heavy atom. The van der Waals surface area contributed by atoms with E-state index in [1.54, 1.807) is 0 Å². The van der Waals surface area contributed by atoms with Gasteiger partial charge < -0.3 is 10.4 Å². The molecule has 0 heterocycles. The molecule has 15 heavy (non-hydrogen) atoms. The number of aryl methyl sites for hydroxylation is 1. The van der Waals surface area contributed by atoms with Crippen molar-refractivity contribution in [1.29, 1.82) is 0 Å².